The molecule has 0 spiro atoms. The topological polar surface area (TPSA) is 40.5 Å². The molecule has 0 heterocycles. The lowest BCUT2D eigenvalue weighted by Gasteiger charge is -1.99. The van der Waals surface area contributed by atoms with Crippen molar-refractivity contribution >= 4 is 0 Å². The number of hydrogen-bond donors (Lipinski definition) is 2. The molecule has 0 aliphatic rings. The molecule has 0 saturated heterocycles. The fourth-order valence-corrected chi connectivity index (χ4v) is 0.720. The van der Waals surface area contributed by atoms with Crippen molar-refractivity contribution in [3.05, 3.63) is 29.3 Å². The second-order valence-corrected chi connectivity index (χ2v) is 2.07. The predicted molar refractivity (Wildman–Crippen MR) is 33.9 cm³/mol. The van der Waals surface area contributed by atoms with E-state index in [-0.39, 0.29) is 5.56 Å². The van der Waals surface area contributed by atoms with E-state index < -0.39 is 24.0 Å². The lowest BCUT2D eigenvalue weighted by molar-refractivity contribution is 0.279. The minimum Gasteiger partial charge on any atom is -0.505 e. The van der Waals surface area contributed by atoms with Crippen molar-refractivity contribution in [1.82, 2.24) is 0 Å². The van der Waals surface area contributed by atoms with Gasteiger partial charge in [-0.05, 0) is 17.7 Å². The summed E-state index contributed by atoms with van der Waals surface area (Å²) in [7, 11) is 0. The smallest absolute Gasteiger partial charge is 0.200 e. The zero-order valence-corrected chi connectivity index (χ0v) is 5.51. The summed E-state index contributed by atoms with van der Waals surface area (Å²) in [4.78, 5) is 0. The van der Waals surface area contributed by atoms with Gasteiger partial charge in [0.15, 0.2) is 17.4 Å². The van der Waals surface area contributed by atoms with Crippen molar-refractivity contribution in [2.75, 3.05) is 0 Å². The van der Waals surface area contributed by atoms with Crippen LogP contribution < -0.4 is 0 Å². The Morgan fingerprint density at radius 3 is 2.36 bits per heavy atom. The fourth-order valence-electron chi connectivity index (χ4n) is 0.720. The Kier molecular flexibility index (Phi) is 2.05. The van der Waals surface area contributed by atoms with Crippen LogP contribution in [0.4, 0.5) is 8.78 Å². The van der Waals surface area contributed by atoms with Crippen LogP contribution in [0.25, 0.3) is 0 Å². The van der Waals surface area contributed by atoms with Gasteiger partial charge >= 0.3 is 0 Å². The number of phenolic OH excluding ortho intramolecular Hbond substituents is 1. The van der Waals surface area contributed by atoms with Crippen molar-refractivity contribution < 1.29 is 19.0 Å². The fraction of sp³-hybridized carbons (Fsp3) is 0.143. The van der Waals surface area contributed by atoms with Gasteiger partial charge in [0.05, 0.1) is 6.61 Å². The van der Waals surface area contributed by atoms with Crippen molar-refractivity contribution in [3.63, 3.8) is 0 Å². The summed E-state index contributed by atoms with van der Waals surface area (Å²) in [5.41, 5.74) is 0.140. The van der Waals surface area contributed by atoms with Gasteiger partial charge in [0.1, 0.15) is 0 Å². The van der Waals surface area contributed by atoms with E-state index in [2.05, 4.69) is 0 Å². The molecule has 0 fully saturated rings. The zero-order valence-electron chi connectivity index (χ0n) is 5.51. The summed E-state index contributed by atoms with van der Waals surface area (Å²) in [5.74, 6) is -3.23. The largest absolute Gasteiger partial charge is 0.505 e. The molecule has 0 saturated carbocycles. The van der Waals surface area contributed by atoms with Crippen LogP contribution in [0.15, 0.2) is 12.1 Å². The van der Waals surface area contributed by atoms with Gasteiger partial charge in [-0.15, -0.1) is 0 Å². The molecule has 2 nitrogen and oxygen atoms in total. The maximum absolute atomic E-state index is 12.4. The minimum absolute atomic E-state index is 0.140. The Bertz CT molecular complexity index is 250. The van der Waals surface area contributed by atoms with Crippen molar-refractivity contribution in [1.29, 1.82) is 0 Å². The first-order valence-corrected chi connectivity index (χ1v) is 2.93. The highest BCUT2D eigenvalue weighted by Crippen LogP contribution is 2.20. The highest BCUT2D eigenvalue weighted by molar-refractivity contribution is 5.29. The van der Waals surface area contributed by atoms with Crippen molar-refractivity contribution in [3.8, 4) is 5.75 Å². The van der Waals surface area contributed by atoms with E-state index in [1.165, 1.54) is 0 Å². The second kappa shape index (κ2) is 2.84. The Hall–Kier alpha value is -1.16. The molecule has 0 unspecified atom stereocenters. The molecule has 1 aromatic carbocycles. The first kappa shape index (κ1) is 7.94. The predicted octanol–water partition coefficient (Wildman–Crippen LogP) is 1.16. The quantitative estimate of drug-likeness (QED) is 0.647. The molecule has 1 rings (SSSR count). The molecule has 11 heavy (non-hydrogen) atoms. The summed E-state index contributed by atoms with van der Waals surface area (Å²) in [5, 5.41) is 17.2. The number of aliphatic hydroxyl groups excluding tert-OH is 1. The van der Waals surface area contributed by atoms with Crippen LogP contribution in [0.1, 0.15) is 5.56 Å². The highest BCUT2D eigenvalue weighted by Gasteiger charge is 2.08. The van der Waals surface area contributed by atoms with Gasteiger partial charge in [0.25, 0.3) is 0 Å². The number of benzene rings is 1. The van der Waals surface area contributed by atoms with Crippen LogP contribution in [0.3, 0.4) is 0 Å². The molecular formula is C7H6F2O2. The van der Waals surface area contributed by atoms with E-state index in [0.29, 0.717) is 0 Å². The average molecular weight is 160 g/mol. The highest BCUT2D eigenvalue weighted by atomic mass is 19.2. The number of hydrogen-bond acceptors (Lipinski definition) is 2. The zero-order chi connectivity index (χ0) is 8.43. The van der Waals surface area contributed by atoms with Gasteiger partial charge in [-0.25, -0.2) is 4.39 Å². The summed E-state index contributed by atoms with van der Waals surface area (Å²) in [6.45, 7) is -0.426. The first-order chi connectivity index (χ1) is 5.15. The molecule has 0 aliphatic heterocycles. The van der Waals surface area contributed by atoms with Crippen LogP contribution in [-0.4, -0.2) is 10.2 Å². The standard InChI is InChI=1S/C7H6F2O2/c8-5-1-4(3-10)2-6(11)7(5)9/h1-2,10-11H,3H2. The maximum Gasteiger partial charge on any atom is 0.200 e. The van der Waals surface area contributed by atoms with Crippen molar-refractivity contribution in [2.45, 2.75) is 6.61 Å². The molecular weight excluding hydrogens is 154 g/mol. The molecule has 60 valence electrons. The Balaban J connectivity index is 3.21. The van der Waals surface area contributed by atoms with Gasteiger partial charge in [0, 0.05) is 0 Å². The van der Waals surface area contributed by atoms with Crippen LogP contribution in [0, 0.1) is 11.6 Å². The Morgan fingerprint density at radius 1 is 1.27 bits per heavy atom. The van der Waals surface area contributed by atoms with E-state index in [9.17, 15) is 8.78 Å². The van der Waals surface area contributed by atoms with Gasteiger partial charge in [0.2, 0.25) is 0 Å². The number of aromatic hydroxyl groups is 1. The Morgan fingerprint density at radius 2 is 1.91 bits per heavy atom. The number of phenols is 1. The average Bonchev–Trinajstić information content (AvgIpc) is 1.99. The van der Waals surface area contributed by atoms with E-state index in [1.807, 2.05) is 0 Å². The third-order valence-electron chi connectivity index (χ3n) is 1.25. The summed E-state index contributed by atoms with van der Waals surface area (Å²) in [6.07, 6.45) is 0. The normalized spacial score (nSPS) is 10.1. The van der Waals surface area contributed by atoms with Crippen LogP contribution in [0.2, 0.25) is 0 Å². The van der Waals surface area contributed by atoms with Crippen molar-refractivity contribution in [2.24, 2.45) is 0 Å². The lowest BCUT2D eigenvalue weighted by atomic mass is 10.2. The maximum atomic E-state index is 12.4. The van der Waals surface area contributed by atoms with E-state index in [4.69, 9.17) is 10.2 Å². The van der Waals surface area contributed by atoms with Crippen LogP contribution >= 0.6 is 0 Å². The molecule has 0 atom stereocenters. The molecule has 1 aromatic rings. The SMILES string of the molecule is OCc1cc(O)c(F)c(F)c1. The summed E-state index contributed by atoms with van der Waals surface area (Å²) < 4.78 is 24.7. The van der Waals surface area contributed by atoms with Crippen LogP contribution in [0.5, 0.6) is 5.75 Å². The lowest BCUT2D eigenvalue weighted by Crippen LogP contribution is -1.89. The molecule has 0 aromatic heterocycles. The third kappa shape index (κ3) is 1.46. The summed E-state index contributed by atoms with van der Waals surface area (Å²) >= 11 is 0. The van der Waals surface area contributed by atoms with E-state index in [1.54, 1.807) is 0 Å². The molecule has 0 amide bonds. The number of aliphatic hydroxyl groups is 1. The Labute approximate surface area is 61.7 Å². The molecule has 0 radical (unpaired) electrons. The first-order valence-electron chi connectivity index (χ1n) is 2.93. The number of rotatable bonds is 1. The molecule has 0 aliphatic carbocycles. The molecule has 4 heteroatoms. The van der Waals surface area contributed by atoms with Gasteiger partial charge in [-0.3, -0.25) is 0 Å². The van der Waals surface area contributed by atoms with E-state index in [0.717, 1.165) is 12.1 Å². The van der Waals surface area contributed by atoms with Gasteiger partial charge < -0.3 is 10.2 Å². The summed E-state index contributed by atoms with van der Waals surface area (Å²) in [6, 6.07) is 1.80. The van der Waals surface area contributed by atoms with E-state index >= 15 is 0 Å². The monoisotopic (exact) mass is 160 g/mol. The molecule has 0 bridgehead atoms. The number of halogens is 2. The van der Waals surface area contributed by atoms with Gasteiger partial charge in [-0.2, -0.15) is 4.39 Å². The van der Waals surface area contributed by atoms with Gasteiger partial charge in [-0.1, -0.05) is 0 Å². The second-order valence-electron chi connectivity index (χ2n) is 2.07. The minimum atomic E-state index is -1.29. The third-order valence-corrected chi connectivity index (χ3v) is 1.25. The van der Waals surface area contributed by atoms with Crippen LogP contribution in [-0.2, 0) is 6.61 Å². The molecule has 2 N–H and O–H groups in total.